The number of hydrogen-bond donors (Lipinski definition) is 1. The number of benzene rings is 1. The van der Waals surface area contributed by atoms with Gasteiger partial charge in [-0.15, -0.1) is 11.8 Å². The van der Waals surface area contributed by atoms with Crippen LogP contribution < -0.4 is 5.32 Å². The molecule has 0 atom stereocenters. The van der Waals surface area contributed by atoms with E-state index in [-0.39, 0.29) is 12.3 Å². The van der Waals surface area contributed by atoms with Crippen molar-refractivity contribution < 1.29 is 27.1 Å². The molecule has 0 aliphatic carbocycles. The van der Waals surface area contributed by atoms with Crippen molar-refractivity contribution in [1.29, 1.82) is 0 Å². The van der Waals surface area contributed by atoms with Crippen LogP contribution in [0.25, 0.3) is 0 Å². The molecule has 1 aromatic rings. The van der Waals surface area contributed by atoms with Gasteiger partial charge in [-0.3, -0.25) is 0 Å². The van der Waals surface area contributed by atoms with E-state index in [9.17, 15) is 22.4 Å². The van der Waals surface area contributed by atoms with E-state index in [1.54, 1.807) is 6.92 Å². The van der Waals surface area contributed by atoms with Crippen molar-refractivity contribution in [2.45, 2.75) is 44.3 Å². The summed E-state index contributed by atoms with van der Waals surface area (Å²) in [6, 6.07) is 2.42. The van der Waals surface area contributed by atoms with Gasteiger partial charge in [0.25, 0.3) is 0 Å². The molecule has 0 radical (unpaired) electrons. The van der Waals surface area contributed by atoms with Crippen LogP contribution in [0, 0.1) is 12.7 Å². The van der Waals surface area contributed by atoms with Crippen LogP contribution in [0.2, 0.25) is 0 Å². The Balaban J connectivity index is 3.01. The number of aryl methyl sites for hydroxylation is 1. The van der Waals surface area contributed by atoms with Crippen LogP contribution in [-0.2, 0) is 9.53 Å². The maximum Gasteiger partial charge on any atom is 0.398 e. The molecule has 0 unspecified atom stereocenters. The lowest BCUT2D eigenvalue weighted by Crippen LogP contribution is -2.41. The van der Waals surface area contributed by atoms with Crippen molar-refractivity contribution in [3.05, 3.63) is 23.5 Å². The molecular formula is C15H19F4NO2S. The number of carbonyl (C=O) groups excluding carboxylic acids is 1. The molecule has 23 heavy (non-hydrogen) atoms. The first-order valence-electron chi connectivity index (χ1n) is 6.91. The first-order chi connectivity index (χ1) is 10.5. The summed E-state index contributed by atoms with van der Waals surface area (Å²) in [4.78, 5) is 12.1. The molecule has 0 saturated heterocycles. The van der Waals surface area contributed by atoms with Crippen LogP contribution in [0.1, 0.15) is 26.3 Å². The van der Waals surface area contributed by atoms with Gasteiger partial charge in [0.2, 0.25) is 0 Å². The number of hydrogen-bond acceptors (Lipinski definition) is 4. The highest BCUT2D eigenvalue weighted by molar-refractivity contribution is 7.99. The number of halogens is 4. The standard InChI is InChI=1S/C15H19F4NO2S/c1-5-22-13(21)14(3,4)20-11-7-12(9(2)6-10(11)16)23-8-15(17,18)19/h6-7,20H,5,8H2,1-4H3. The number of carbonyl (C=O) groups is 1. The lowest BCUT2D eigenvalue weighted by atomic mass is 10.0. The molecular weight excluding hydrogens is 334 g/mol. The monoisotopic (exact) mass is 353 g/mol. The molecule has 0 bridgehead atoms. The number of ether oxygens (including phenoxy) is 1. The van der Waals surface area contributed by atoms with Gasteiger partial charge in [-0.2, -0.15) is 13.2 Å². The predicted octanol–water partition coefficient (Wildman–Crippen LogP) is 4.54. The van der Waals surface area contributed by atoms with E-state index in [2.05, 4.69) is 5.32 Å². The second-order valence-electron chi connectivity index (χ2n) is 5.47. The minimum absolute atomic E-state index is 0.0432. The van der Waals surface area contributed by atoms with E-state index in [0.717, 1.165) is 6.07 Å². The molecule has 0 amide bonds. The average Bonchev–Trinajstić information content (AvgIpc) is 2.39. The summed E-state index contributed by atoms with van der Waals surface area (Å²) in [6.07, 6.45) is -4.32. The van der Waals surface area contributed by atoms with Crippen molar-refractivity contribution >= 4 is 23.4 Å². The molecule has 0 heterocycles. The van der Waals surface area contributed by atoms with E-state index in [1.807, 2.05) is 0 Å². The van der Waals surface area contributed by atoms with E-state index >= 15 is 0 Å². The summed E-state index contributed by atoms with van der Waals surface area (Å²) in [5.74, 6) is -2.29. The van der Waals surface area contributed by atoms with Gasteiger partial charge < -0.3 is 10.1 Å². The molecule has 0 spiro atoms. The number of anilines is 1. The Hall–Kier alpha value is -1.44. The topological polar surface area (TPSA) is 38.3 Å². The number of thioether (sulfide) groups is 1. The molecule has 1 rings (SSSR count). The fraction of sp³-hybridized carbons (Fsp3) is 0.533. The third kappa shape index (κ3) is 5.93. The van der Waals surface area contributed by atoms with Crippen LogP contribution in [0.5, 0.6) is 0 Å². The maximum absolute atomic E-state index is 14.0. The van der Waals surface area contributed by atoms with Crippen molar-refractivity contribution in [2.24, 2.45) is 0 Å². The number of esters is 1. The largest absolute Gasteiger partial charge is 0.464 e. The third-order valence-electron chi connectivity index (χ3n) is 2.89. The van der Waals surface area contributed by atoms with Crippen LogP contribution in [0.4, 0.5) is 23.2 Å². The SMILES string of the molecule is CCOC(=O)C(C)(C)Nc1cc(SCC(F)(F)F)c(C)cc1F. The number of rotatable bonds is 6. The Kier molecular flexibility index (Phi) is 6.33. The fourth-order valence-corrected chi connectivity index (χ4v) is 2.57. The lowest BCUT2D eigenvalue weighted by Gasteiger charge is -2.26. The zero-order chi connectivity index (χ0) is 17.8. The van der Waals surface area contributed by atoms with Crippen LogP contribution in [0.3, 0.4) is 0 Å². The van der Waals surface area contributed by atoms with Crippen LogP contribution in [-0.4, -0.2) is 30.0 Å². The van der Waals surface area contributed by atoms with Gasteiger partial charge in [0.15, 0.2) is 0 Å². The fourth-order valence-electron chi connectivity index (χ4n) is 1.76. The minimum Gasteiger partial charge on any atom is -0.464 e. The van der Waals surface area contributed by atoms with Crippen molar-refractivity contribution in [3.8, 4) is 0 Å². The highest BCUT2D eigenvalue weighted by Gasteiger charge is 2.31. The van der Waals surface area contributed by atoms with Gasteiger partial charge in [0.1, 0.15) is 11.4 Å². The molecule has 1 N–H and O–H groups in total. The van der Waals surface area contributed by atoms with Gasteiger partial charge in [0, 0.05) is 4.90 Å². The minimum atomic E-state index is -4.32. The summed E-state index contributed by atoms with van der Waals surface area (Å²) >= 11 is 0.574. The molecule has 0 aliphatic rings. The Morgan fingerprint density at radius 3 is 2.43 bits per heavy atom. The van der Waals surface area contributed by atoms with Gasteiger partial charge in [-0.25, -0.2) is 9.18 Å². The normalized spacial score (nSPS) is 12.2. The van der Waals surface area contributed by atoms with E-state index in [4.69, 9.17) is 4.74 Å². The summed E-state index contributed by atoms with van der Waals surface area (Å²) < 4.78 is 56.0. The van der Waals surface area contributed by atoms with Crippen LogP contribution >= 0.6 is 11.8 Å². The first kappa shape index (κ1) is 19.6. The molecule has 0 saturated carbocycles. The highest BCUT2D eigenvalue weighted by atomic mass is 32.2. The molecule has 0 aromatic heterocycles. The zero-order valence-electron chi connectivity index (χ0n) is 13.3. The van der Waals surface area contributed by atoms with Gasteiger partial charge >= 0.3 is 12.1 Å². The van der Waals surface area contributed by atoms with E-state index < -0.39 is 29.3 Å². The summed E-state index contributed by atoms with van der Waals surface area (Å²) in [5, 5.41) is 2.69. The molecule has 130 valence electrons. The predicted molar refractivity (Wildman–Crippen MR) is 82.3 cm³/mol. The van der Waals surface area contributed by atoms with Gasteiger partial charge in [-0.1, -0.05) is 0 Å². The smallest absolute Gasteiger partial charge is 0.398 e. The molecule has 8 heteroatoms. The van der Waals surface area contributed by atoms with Crippen LogP contribution in [0.15, 0.2) is 17.0 Å². The van der Waals surface area contributed by atoms with E-state index in [0.29, 0.717) is 22.2 Å². The number of alkyl halides is 3. The lowest BCUT2D eigenvalue weighted by molar-refractivity contribution is -0.147. The molecule has 0 fully saturated rings. The Bertz CT molecular complexity index is 573. The Morgan fingerprint density at radius 1 is 1.30 bits per heavy atom. The molecule has 1 aromatic carbocycles. The Labute approximate surface area is 136 Å². The first-order valence-corrected chi connectivity index (χ1v) is 7.90. The van der Waals surface area contributed by atoms with Crippen molar-refractivity contribution in [1.82, 2.24) is 0 Å². The van der Waals surface area contributed by atoms with Gasteiger partial charge in [-0.05, 0) is 45.4 Å². The third-order valence-corrected chi connectivity index (χ3v) is 4.11. The highest BCUT2D eigenvalue weighted by Crippen LogP contribution is 2.33. The Morgan fingerprint density at radius 2 is 1.91 bits per heavy atom. The summed E-state index contributed by atoms with van der Waals surface area (Å²) in [6.45, 7) is 6.36. The van der Waals surface area contributed by atoms with E-state index in [1.165, 1.54) is 26.8 Å². The second kappa shape index (κ2) is 7.42. The maximum atomic E-state index is 14.0. The molecule has 3 nitrogen and oxygen atoms in total. The van der Waals surface area contributed by atoms with Crippen molar-refractivity contribution in [3.63, 3.8) is 0 Å². The molecule has 0 aliphatic heterocycles. The summed E-state index contributed by atoms with van der Waals surface area (Å²) in [5.41, 5.74) is -0.854. The second-order valence-corrected chi connectivity index (χ2v) is 6.49. The number of nitrogens with one attached hydrogen (secondary N) is 1. The zero-order valence-corrected chi connectivity index (χ0v) is 14.1. The quantitative estimate of drug-likeness (QED) is 0.463. The summed E-state index contributed by atoms with van der Waals surface area (Å²) in [7, 11) is 0. The van der Waals surface area contributed by atoms with Crippen molar-refractivity contribution in [2.75, 3.05) is 17.7 Å². The average molecular weight is 353 g/mol. The van der Waals surface area contributed by atoms with Gasteiger partial charge in [0.05, 0.1) is 18.0 Å².